The maximum Gasteiger partial charge on any atom is 0.303 e. The van der Waals surface area contributed by atoms with Gasteiger partial charge in [-0.2, -0.15) is 13.0 Å². The molecule has 7 nitrogen and oxygen atoms in total. The van der Waals surface area contributed by atoms with Crippen LogP contribution in [0.5, 0.6) is 0 Å². The number of benzene rings is 3. The summed E-state index contributed by atoms with van der Waals surface area (Å²) in [5, 5.41) is 9.24. The van der Waals surface area contributed by atoms with Crippen molar-refractivity contribution in [3.63, 3.8) is 0 Å². The van der Waals surface area contributed by atoms with E-state index >= 15 is 0 Å². The maximum absolute atomic E-state index is 12.3. The number of carbonyl (C=O) groups is 1. The van der Waals surface area contributed by atoms with E-state index < -0.39 is 21.5 Å². The SMILES string of the molecule is CCCCCN1C(=CC=C2CCCC(C=CC3=[N+](CCCCC)c4ccc(S(=O)(=O)O)cc4C3(C)C)=C2c2cccc(CCCCC(=O)O)c2)C(C)(C)c2cc(C)ccc21. The van der Waals surface area contributed by atoms with Gasteiger partial charge in [-0.3, -0.25) is 9.35 Å². The van der Waals surface area contributed by atoms with Crippen LogP contribution in [0.15, 0.2) is 107 Å². The van der Waals surface area contributed by atoms with Crippen molar-refractivity contribution in [2.75, 3.05) is 18.0 Å². The molecule has 8 heteroatoms. The highest BCUT2D eigenvalue weighted by Gasteiger charge is 2.45. The van der Waals surface area contributed by atoms with E-state index in [0.717, 1.165) is 87.8 Å². The van der Waals surface area contributed by atoms with Crippen LogP contribution >= 0.6 is 0 Å². The third-order valence-corrected chi connectivity index (χ3v) is 13.8. The Labute approximate surface area is 360 Å². The molecule has 3 aromatic carbocycles. The van der Waals surface area contributed by atoms with Gasteiger partial charge in [0.25, 0.3) is 10.1 Å². The number of hydrogen-bond acceptors (Lipinski definition) is 4. The van der Waals surface area contributed by atoms with Crippen molar-refractivity contribution in [2.45, 2.75) is 148 Å². The van der Waals surface area contributed by atoms with Gasteiger partial charge in [0.2, 0.25) is 5.69 Å². The predicted octanol–water partition coefficient (Wildman–Crippen LogP) is 12.6. The fourth-order valence-electron chi connectivity index (χ4n) is 9.60. The molecule has 60 heavy (non-hydrogen) atoms. The fraction of sp³-hybridized carbons (Fsp3) is 0.462. The average Bonchev–Trinajstić information content (AvgIpc) is 3.54. The van der Waals surface area contributed by atoms with Crippen LogP contribution < -0.4 is 4.90 Å². The number of carboxylic acid groups (broad SMARTS) is 1. The number of aliphatic carboxylic acids is 1. The second kappa shape index (κ2) is 19.0. The van der Waals surface area contributed by atoms with Gasteiger partial charge in [-0.15, -0.1) is 0 Å². The lowest BCUT2D eigenvalue weighted by molar-refractivity contribution is -0.438. The minimum atomic E-state index is -4.36. The minimum absolute atomic E-state index is 0.0790. The molecule has 0 saturated carbocycles. The lowest BCUT2D eigenvalue weighted by Gasteiger charge is -2.28. The summed E-state index contributed by atoms with van der Waals surface area (Å²) in [6.45, 7) is 17.5. The molecule has 2 heterocycles. The van der Waals surface area contributed by atoms with E-state index in [9.17, 15) is 22.9 Å². The Kier molecular flexibility index (Phi) is 14.3. The highest BCUT2D eigenvalue weighted by molar-refractivity contribution is 7.85. The lowest BCUT2D eigenvalue weighted by atomic mass is 9.79. The minimum Gasteiger partial charge on any atom is -0.481 e. The molecular weight excluding hydrogens is 765 g/mol. The first-order chi connectivity index (χ1) is 28.6. The standard InChI is InChI=1S/C52H66N2O5S/c1-8-10-14-32-53-45-28-24-37(3)34-43(45)51(4,5)47(53)30-25-39-20-17-21-40(50(39)41-22-16-19-38(35-41)18-12-13-23-49(55)56)26-31-48-52(6,7)44-36-42(60(57,58)59)27-29-46(44)54(48)33-15-11-9-2/h16,19,22,24-31,34-36H,8-15,17-18,20-21,23,32-33H2,1-7H3,(H-,55,56,57,58,59)/p+1. The van der Waals surface area contributed by atoms with Crippen molar-refractivity contribution in [1.29, 1.82) is 0 Å². The second-order valence-corrected chi connectivity index (χ2v) is 19.6. The third kappa shape index (κ3) is 9.81. The van der Waals surface area contributed by atoms with E-state index in [1.54, 1.807) is 6.07 Å². The molecule has 3 aromatic rings. The highest BCUT2D eigenvalue weighted by atomic mass is 32.2. The Morgan fingerprint density at radius 1 is 0.833 bits per heavy atom. The number of fused-ring (bicyclic) bond motifs is 2. The summed E-state index contributed by atoms with van der Waals surface area (Å²) in [4.78, 5) is 13.7. The lowest BCUT2D eigenvalue weighted by Crippen LogP contribution is -2.28. The van der Waals surface area contributed by atoms with Crippen LogP contribution in [-0.4, -0.2) is 47.4 Å². The first-order valence-corrected chi connectivity index (χ1v) is 23.8. The van der Waals surface area contributed by atoms with Crippen LogP contribution in [0.25, 0.3) is 5.57 Å². The topological polar surface area (TPSA) is 97.9 Å². The summed E-state index contributed by atoms with van der Waals surface area (Å²) in [5.74, 6) is -0.752. The van der Waals surface area contributed by atoms with E-state index in [4.69, 9.17) is 0 Å². The van der Waals surface area contributed by atoms with E-state index in [-0.39, 0.29) is 16.7 Å². The van der Waals surface area contributed by atoms with Gasteiger partial charge in [0, 0.05) is 53.9 Å². The molecular formula is C52H67N2O5S+. The van der Waals surface area contributed by atoms with Gasteiger partial charge in [0.05, 0.1) is 10.3 Å². The van der Waals surface area contributed by atoms with Crippen LogP contribution in [0, 0.1) is 6.92 Å². The van der Waals surface area contributed by atoms with Crippen molar-refractivity contribution in [2.24, 2.45) is 0 Å². The monoisotopic (exact) mass is 831 g/mol. The number of carboxylic acids is 1. The molecule has 0 saturated heterocycles. The first-order valence-electron chi connectivity index (χ1n) is 22.4. The van der Waals surface area contributed by atoms with E-state index in [1.165, 1.54) is 69.3 Å². The number of hydrogen-bond donors (Lipinski definition) is 2. The normalized spacial score (nSPS) is 18.6. The molecule has 0 amide bonds. The number of anilines is 1. The van der Waals surface area contributed by atoms with Crippen LogP contribution in [-0.2, 0) is 32.2 Å². The smallest absolute Gasteiger partial charge is 0.303 e. The van der Waals surface area contributed by atoms with E-state index in [2.05, 4.69) is 125 Å². The molecule has 0 spiro atoms. The quantitative estimate of drug-likeness (QED) is 0.0753. The van der Waals surface area contributed by atoms with Crippen molar-refractivity contribution >= 4 is 38.7 Å². The Bertz CT molecular complexity index is 2360. The molecule has 1 aliphatic carbocycles. The van der Waals surface area contributed by atoms with Crippen LogP contribution in [0.2, 0.25) is 0 Å². The highest BCUT2D eigenvalue weighted by Crippen LogP contribution is 2.49. The average molecular weight is 832 g/mol. The Balaban J connectivity index is 1.48. The zero-order chi connectivity index (χ0) is 43.2. The maximum atomic E-state index is 12.3. The zero-order valence-electron chi connectivity index (χ0n) is 37.1. The van der Waals surface area contributed by atoms with Gasteiger partial charge in [-0.25, -0.2) is 0 Å². The Hall–Kier alpha value is -4.53. The van der Waals surface area contributed by atoms with E-state index in [0.29, 0.717) is 6.42 Å². The summed E-state index contributed by atoms with van der Waals surface area (Å²) in [6.07, 6.45) is 21.4. The molecule has 0 unspecified atom stereocenters. The Morgan fingerprint density at radius 3 is 2.33 bits per heavy atom. The fourth-order valence-corrected chi connectivity index (χ4v) is 10.1. The van der Waals surface area contributed by atoms with Crippen LogP contribution in [0.4, 0.5) is 11.4 Å². The van der Waals surface area contributed by atoms with Gasteiger partial charge in [-0.05, 0) is 130 Å². The number of nitrogens with zero attached hydrogens (tertiary/aromatic N) is 2. The van der Waals surface area contributed by atoms with Crippen LogP contribution in [0.3, 0.4) is 0 Å². The van der Waals surface area contributed by atoms with Crippen molar-refractivity contribution in [3.8, 4) is 0 Å². The molecule has 3 aliphatic rings. The molecule has 2 aliphatic heterocycles. The molecule has 6 rings (SSSR count). The summed E-state index contributed by atoms with van der Waals surface area (Å²) in [7, 11) is -4.36. The number of unbranched alkanes of at least 4 members (excludes halogenated alkanes) is 5. The van der Waals surface area contributed by atoms with Crippen molar-refractivity contribution < 1.29 is 27.4 Å². The van der Waals surface area contributed by atoms with Crippen molar-refractivity contribution in [1.82, 2.24) is 0 Å². The summed E-state index contributed by atoms with van der Waals surface area (Å²) in [6, 6.07) is 20.8. The first kappa shape index (κ1) is 45.0. The molecule has 0 bridgehead atoms. The molecule has 0 aromatic heterocycles. The molecule has 0 atom stereocenters. The van der Waals surface area contributed by atoms with Gasteiger partial charge < -0.3 is 10.0 Å². The summed E-state index contributed by atoms with van der Waals surface area (Å²) in [5.41, 5.74) is 13.9. The van der Waals surface area contributed by atoms with Crippen molar-refractivity contribution in [3.05, 3.63) is 130 Å². The summed E-state index contributed by atoms with van der Waals surface area (Å²) >= 11 is 0. The molecule has 320 valence electrons. The van der Waals surface area contributed by atoms with Crippen LogP contribution in [0.1, 0.15) is 146 Å². The number of allylic oxidation sites excluding steroid dienone is 8. The molecule has 0 radical (unpaired) electrons. The third-order valence-electron chi connectivity index (χ3n) is 12.9. The summed E-state index contributed by atoms with van der Waals surface area (Å²) < 4.78 is 36.9. The zero-order valence-corrected chi connectivity index (χ0v) is 37.9. The second-order valence-electron chi connectivity index (χ2n) is 18.2. The molecule has 0 fully saturated rings. The Morgan fingerprint density at radius 2 is 1.60 bits per heavy atom. The van der Waals surface area contributed by atoms with Gasteiger partial charge in [0.1, 0.15) is 6.54 Å². The van der Waals surface area contributed by atoms with Gasteiger partial charge in [-0.1, -0.05) is 101 Å². The molecule has 2 N–H and O–H groups in total. The van der Waals surface area contributed by atoms with Gasteiger partial charge >= 0.3 is 5.97 Å². The number of aryl methyl sites for hydroxylation is 2. The predicted molar refractivity (Wildman–Crippen MR) is 247 cm³/mol. The van der Waals surface area contributed by atoms with Gasteiger partial charge in [0.15, 0.2) is 5.71 Å². The largest absolute Gasteiger partial charge is 0.481 e. The van der Waals surface area contributed by atoms with E-state index in [1.807, 2.05) is 6.07 Å². The number of rotatable bonds is 18.